The minimum absolute atomic E-state index is 0.0213. The summed E-state index contributed by atoms with van der Waals surface area (Å²) >= 11 is 0. The van der Waals surface area contributed by atoms with E-state index >= 15 is 0 Å². The second-order valence-corrected chi connectivity index (χ2v) is 16.8. The van der Waals surface area contributed by atoms with Crippen LogP contribution in [0.25, 0.3) is 0 Å². The van der Waals surface area contributed by atoms with Crippen LogP contribution < -0.4 is 0 Å². The Balaban J connectivity index is 0.946. The number of hydrogen-bond acceptors (Lipinski definition) is 5. The molecule has 5 nitrogen and oxygen atoms in total. The van der Waals surface area contributed by atoms with Crippen molar-refractivity contribution < 1.29 is 19.1 Å². The summed E-state index contributed by atoms with van der Waals surface area (Å²) in [7, 11) is 0. The third-order valence-electron chi connectivity index (χ3n) is 14.3. The molecule has 0 N–H and O–H groups in total. The summed E-state index contributed by atoms with van der Waals surface area (Å²) in [6.45, 7) is 11.7. The summed E-state index contributed by atoms with van der Waals surface area (Å²) < 4.78 is 7.33. The molecule has 0 unspecified atom stereocenters. The molecule has 4 fully saturated rings. The van der Waals surface area contributed by atoms with Crippen molar-refractivity contribution in [2.45, 2.75) is 110 Å². The normalized spacial score (nSPS) is 36.9. The predicted molar refractivity (Wildman–Crippen MR) is 192 cm³/mol. The van der Waals surface area contributed by atoms with Gasteiger partial charge in [-0.25, -0.2) is 0 Å². The Bertz CT molecular complexity index is 1710. The van der Waals surface area contributed by atoms with Crippen LogP contribution in [0.15, 0.2) is 77.4 Å². The fourth-order valence-electron chi connectivity index (χ4n) is 11.7. The van der Waals surface area contributed by atoms with E-state index < -0.39 is 0 Å². The predicted octanol–water partition coefficient (Wildman–Crippen LogP) is 8.82. The molecule has 0 amide bonds. The molecule has 2 saturated heterocycles. The van der Waals surface area contributed by atoms with Gasteiger partial charge in [0.15, 0.2) is 11.6 Å². The van der Waals surface area contributed by atoms with Crippen molar-refractivity contribution in [1.82, 2.24) is 4.90 Å². The Hall–Kier alpha value is -3.15. The topological polar surface area (TPSA) is 63.7 Å². The zero-order valence-corrected chi connectivity index (χ0v) is 29.9. The minimum atomic E-state index is -0.189. The first-order valence-corrected chi connectivity index (χ1v) is 19.2. The summed E-state index contributed by atoms with van der Waals surface area (Å²) in [5.41, 5.74) is 6.60. The lowest BCUT2D eigenvalue weighted by Gasteiger charge is -2.47. The molecule has 49 heavy (non-hydrogen) atoms. The summed E-state index contributed by atoms with van der Waals surface area (Å²) in [5.74, 6) is 3.53. The fourth-order valence-corrected chi connectivity index (χ4v) is 11.7. The highest BCUT2D eigenvalue weighted by Crippen LogP contribution is 2.65. The molecule has 4 aliphatic carbocycles. The van der Waals surface area contributed by atoms with Gasteiger partial charge >= 0.3 is 0 Å². The van der Waals surface area contributed by atoms with Crippen LogP contribution in [-0.2, 0) is 9.53 Å². The highest BCUT2D eigenvalue weighted by atomic mass is 16.5. The van der Waals surface area contributed by atoms with Crippen LogP contribution in [0.3, 0.4) is 0 Å². The number of carbonyl (C=O) groups excluding carboxylic acids is 3. The second kappa shape index (κ2) is 12.6. The first-order valence-electron chi connectivity index (χ1n) is 19.2. The molecule has 5 heteroatoms. The zero-order chi connectivity index (χ0) is 34.1. The van der Waals surface area contributed by atoms with E-state index in [1.165, 1.54) is 24.0 Å². The SMILES string of the molecule is CC1=C2C[C@H]3[C@@H](CC=C4CC(=O)CC[C@@]43C)[C@@H]2CC[C@]12O[C@@H]1C[C@H](C)CN(CCCC(=O)c3ccc(C(=O)c4ccccc4)cc3)[C@H]1[C@H]2C. The molecule has 8 rings (SSSR count). The maximum absolute atomic E-state index is 13.3. The van der Waals surface area contributed by atoms with E-state index in [4.69, 9.17) is 4.74 Å². The number of fused-ring (bicyclic) bond motifs is 6. The van der Waals surface area contributed by atoms with Crippen molar-refractivity contribution in [3.05, 3.63) is 94.1 Å². The molecule has 2 saturated carbocycles. The van der Waals surface area contributed by atoms with E-state index in [9.17, 15) is 14.4 Å². The Kier molecular flexibility index (Phi) is 8.47. The van der Waals surface area contributed by atoms with Crippen molar-refractivity contribution in [3.8, 4) is 0 Å². The number of ketones is 3. The second-order valence-electron chi connectivity index (χ2n) is 16.8. The third-order valence-corrected chi connectivity index (χ3v) is 14.3. The monoisotopic (exact) mass is 659 g/mol. The highest BCUT2D eigenvalue weighted by molar-refractivity contribution is 6.09. The Morgan fingerprint density at radius 1 is 0.980 bits per heavy atom. The highest BCUT2D eigenvalue weighted by Gasteiger charge is 2.61. The van der Waals surface area contributed by atoms with Gasteiger partial charge in [0.05, 0.1) is 11.7 Å². The fraction of sp³-hybridized carbons (Fsp3) is 0.568. The quantitative estimate of drug-likeness (QED) is 0.220. The molecule has 2 heterocycles. The number of likely N-dealkylation sites (tertiary alicyclic amines) is 1. The summed E-state index contributed by atoms with van der Waals surface area (Å²) in [6, 6.07) is 16.9. The molecule has 9 atom stereocenters. The molecular formula is C44H53NO4. The van der Waals surface area contributed by atoms with Crippen LogP contribution >= 0.6 is 0 Å². The van der Waals surface area contributed by atoms with Crippen LogP contribution in [0.1, 0.15) is 118 Å². The van der Waals surface area contributed by atoms with Crippen molar-refractivity contribution >= 4 is 17.3 Å². The third kappa shape index (κ3) is 5.46. The molecule has 2 aromatic rings. The molecule has 1 spiro atoms. The first kappa shape index (κ1) is 33.0. The van der Waals surface area contributed by atoms with Crippen molar-refractivity contribution in [2.75, 3.05) is 13.1 Å². The van der Waals surface area contributed by atoms with Gasteiger partial charge in [-0.15, -0.1) is 0 Å². The number of Topliss-reactive ketones (excluding diaryl/α,β-unsaturated/α-hetero) is 2. The Morgan fingerprint density at radius 2 is 1.71 bits per heavy atom. The largest absolute Gasteiger partial charge is 0.365 e. The lowest BCUT2D eigenvalue weighted by molar-refractivity contribution is -0.121. The van der Waals surface area contributed by atoms with Crippen LogP contribution in [0.5, 0.6) is 0 Å². The summed E-state index contributed by atoms with van der Waals surface area (Å²) in [4.78, 5) is 41.1. The summed E-state index contributed by atoms with van der Waals surface area (Å²) in [5, 5.41) is 0. The van der Waals surface area contributed by atoms with Gasteiger partial charge in [0.25, 0.3) is 0 Å². The number of carbonyl (C=O) groups is 3. The number of piperidine rings is 1. The van der Waals surface area contributed by atoms with E-state index in [-0.39, 0.29) is 28.7 Å². The molecule has 6 aliphatic rings. The maximum atomic E-state index is 13.3. The van der Waals surface area contributed by atoms with Crippen LogP contribution in [0, 0.1) is 35.0 Å². The number of nitrogens with zero attached hydrogens (tertiary/aromatic N) is 1. The van der Waals surface area contributed by atoms with Gasteiger partial charge in [0.1, 0.15) is 5.78 Å². The lowest BCUT2D eigenvalue weighted by atomic mass is 9.57. The van der Waals surface area contributed by atoms with Gasteiger partial charge in [0.2, 0.25) is 0 Å². The van der Waals surface area contributed by atoms with E-state index in [2.05, 4.69) is 38.7 Å². The molecule has 0 radical (unpaired) electrons. The Morgan fingerprint density at radius 3 is 2.49 bits per heavy atom. The van der Waals surface area contributed by atoms with Crippen molar-refractivity contribution in [1.29, 1.82) is 0 Å². The maximum Gasteiger partial charge on any atom is 0.193 e. The van der Waals surface area contributed by atoms with Crippen LogP contribution in [0.4, 0.5) is 0 Å². The number of rotatable bonds is 7. The van der Waals surface area contributed by atoms with Gasteiger partial charge < -0.3 is 4.74 Å². The lowest BCUT2D eigenvalue weighted by Crippen LogP contribution is -2.52. The van der Waals surface area contributed by atoms with E-state index in [1.54, 1.807) is 17.7 Å². The van der Waals surface area contributed by atoms with Gasteiger partial charge in [-0.05, 0) is 93.1 Å². The smallest absolute Gasteiger partial charge is 0.193 e. The number of benzene rings is 2. The number of ether oxygens (including phenoxy) is 1. The van der Waals surface area contributed by atoms with E-state index in [1.807, 2.05) is 42.5 Å². The average Bonchev–Trinajstić information content (AvgIpc) is 3.63. The van der Waals surface area contributed by atoms with Crippen molar-refractivity contribution in [3.63, 3.8) is 0 Å². The van der Waals surface area contributed by atoms with Gasteiger partial charge in [-0.2, -0.15) is 0 Å². The molecule has 258 valence electrons. The van der Waals surface area contributed by atoms with E-state index in [0.29, 0.717) is 70.9 Å². The minimum Gasteiger partial charge on any atom is -0.365 e. The number of allylic oxidation sites excluding steroid dienone is 3. The van der Waals surface area contributed by atoms with Gasteiger partial charge in [-0.1, -0.05) is 92.6 Å². The molecule has 0 bridgehead atoms. The van der Waals surface area contributed by atoms with Crippen LogP contribution in [-0.4, -0.2) is 53.1 Å². The molecule has 2 aliphatic heterocycles. The molecular weight excluding hydrogens is 606 g/mol. The molecule has 2 aromatic carbocycles. The van der Waals surface area contributed by atoms with E-state index in [0.717, 1.165) is 51.6 Å². The van der Waals surface area contributed by atoms with Crippen LogP contribution in [0.2, 0.25) is 0 Å². The van der Waals surface area contributed by atoms with Gasteiger partial charge in [-0.3, -0.25) is 19.3 Å². The van der Waals surface area contributed by atoms with Gasteiger partial charge in [0, 0.05) is 54.5 Å². The molecule has 0 aromatic heterocycles. The zero-order valence-electron chi connectivity index (χ0n) is 29.9. The Labute approximate surface area is 292 Å². The number of hydrogen-bond donors (Lipinski definition) is 0. The average molecular weight is 660 g/mol. The standard InChI is InChI=1S/C44H53NO4/c1-27-23-40-41(45(26-27)22-8-11-39(47)30-12-14-32(15-13-30)42(48)31-9-6-5-7-10-31)29(3)44(49-40)21-19-35-36-17-16-33-24-34(46)18-20-43(33,4)38(36)25-37(35)28(44)2/h5-7,9-10,12-16,27,29,35-36,38,40-41H,8,11,17-26H2,1-4H3/t27-,29+,35-,36-,38-,40+,41-,43-,44-/m0/s1. The first-order chi connectivity index (χ1) is 23.6. The van der Waals surface area contributed by atoms with Crippen molar-refractivity contribution in [2.24, 2.45) is 35.0 Å². The summed E-state index contributed by atoms with van der Waals surface area (Å²) in [6.07, 6.45) is 12.2.